The van der Waals surface area contributed by atoms with Crippen LogP contribution in [0.4, 0.5) is 18.9 Å². The van der Waals surface area contributed by atoms with Crippen molar-refractivity contribution in [3.8, 4) is 0 Å². The summed E-state index contributed by atoms with van der Waals surface area (Å²) in [7, 11) is 0. The average Bonchev–Trinajstić information content (AvgIpc) is 3.13. The lowest BCUT2D eigenvalue weighted by molar-refractivity contribution is -0.137. The van der Waals surface area contributed by atoms with E-state index in [1.807, 2.05) is 0 Å². The Morgan fingerprint density at radius 3 is 2.48 bits per heavy atom. The molecule has 0 aliphatic heterocycles. The van der Waals surface area contributed by atoms with E-state index in [1.54, 1.807) is 18.2 Å². The minimum atomic E-state index is -4.49. The summed E-state index contributed by atoms with van der Waals surface area (Å²) in [4.78, 5) is 24.6. The van der Waals surface area contributed by atoms with Gasteiger partial charge in [0.15, 0.2) is 10.4 Å². The third-order valence-electron chi connectivity index (χ3n) is 3.82. The van der Waals surface area contributed by atoms with Crippen LogP contribution in [0.2, 0.25) is 0 Å². The quantitative estimate of drug-likeness (QED) is 0.490. The first-order valence-corrected chi connectivity index (χ1v) is 9.02. The molecule has 5 nitrogen and oxygen atoms in total. The minimum absolute atomic E-state index is 0.0315. The van der Waals surface area contributed by atoms with Gasteiger partial charge in [-0.2, -0.15) is 13.2 Å². The van der Waals surface area contributed by atoms with E-state index in [1.165, 1.54) is 30.3 Å². The molecule has 3 rings (SSSR count). The van der Waals surface area contributed by atoms with Crippen LogP contribution in [0.15, 0.2) is 69.8 Å². The number of nitrogens with one attached hydrogen (secondary N) is 1. The van der Waals surface area contributed by atoms with Crippen LogP contribution >= 0.6 is 15.9 Å². The predicted octanol–water partition coefficient (Wildman–Crippen LogP) is 5.67. The Bertz CT molecular complexity index is 1050. The summed E-state index contributed by atoms with van der Waals surface area (Å²) in [6.07, 6.45) is -4.49. The molecule has 1 heterocycles. The second kappa shape index (κ2) is 8.52. The van der Waals surface area contributed by atoms with Crippen molar-refractivity contribution in [2.75, 3.05) is 5.32 Å². The SMILES string of the molecule is O=C(Nc1ccccc1C(=O)OCc1cccc(C(F)(F)F)c1)c1ccc(Br)o1. The maximum absolute atomic E-state index is 12.8. The number of ether oxygens (including phenoxy) is 1. The molecule has 0 aliphatic rings. The Hall–Kier alpha value is -3.07. The summed E-state index contributed by atoms with van der Waals surface area (Å²) < 4.78 is 49.0. The molecule has 0 atom stereocenters. The van der Waals surface area contributed by atoms with Crippen LogP contribution in [0.5, 0.6) is 0 Å². The number of para-hydroxylation sites is 1. The largest absolute Gasteiger partial charge is 0.457 e. The van der Waals surface area contributed by atoms with Gasteiger partial charge in [0.25, 0.3) is 5.91 Å². The lowest BCUT2D eigenvalue weighted by atomic mass is 10.1. The highest BCUT2D eigenvalue weighted by Crippen LogP contribution is 2.29. The number of alkyl halides is 3. The number of hydrogen-bond donors (Lipinski definition) is 1. The van der Waals surface area contributed by atoms with E-state index in [9.17, 15) is 22.8 Å². The molecule has 1 N–H and O–H groups in total. The molecule has 1 amide bonds. The Kier molecular flexibility index (Phi) is 6.07. The van der Waals surface area contributed by atoms with Crippen LogP contribution in [-0.4, -0.2) is 11.9 Å². The van der Waals surface area contributed by atoms with Gasteiger partial charge in [0, 0.05) is 0 Å². The lowest BCUT2D eigenvalue weighted by Gasteiger charge is -2.11. The molecule has 0 unspecified atom stereocenters. The van der Waals surface area contributed by atoms with E-state index in [2.05, 4.69) is 21.2 Å². The lowest BCUT2D eigenvalue weighted by Crippen LogP contribution is -2.15. The molecule has 0 radical (unpaired) electrons. The fraction of sp³-hybridized carbons (Fsp3) is 0.100. The van der Waals surface area contributed by atoms with Crippen molar-refractivity contribution in [3.05, 3.63) is 87.8 Å². The fourth-order valence-electron chi connectivity index (χ4n) is 2.45. The molecule has 9 heteroatoms. The molecule has 0 bridgehead atoms. The first kappa shape index (κ1) is 20.7. The molecule has 0 saturated carbocycles. The summed E-state index contributed by atoms with van der Waals surface area (Å²) >= 11 is 3.09. The topological polar surface area (TPSA) is 68.5 Å². The van der Waals surface area contributed by atoms with Crippen molar-refractivity contribution in [1.29, 1.82) is 0 Å². The molecule has 29 heavy (non-hydrogen) atoms. The predicted molar refractivity (Wildman–Crippen MR) is 101 cm³/mol. The summed E-state index contributed by atoms with van der Waals surface area (Å²) in [6, 6.07) is 13.6. The standard InChI is InChI=1S/C20H13BrF3NO4/c21-17-9-8-16(29-17)18(26)25-15-7-2-1-6-14(15)19(27)28-11-12-4-3-5-13(10-12)20(22,23)24/h1-10H,11H2,(H,25,26). The highest BCUT2D eigenvalue weighted by atomic mass is 79.9. The molecule has 1 aromatic heterocycles. The second-order valence-corrected chi connectivity index (χ2v) is 6.66. The molecule has 3 aromatic rings. The van der Waals surface area contributed by atoms with Gasteiger partial charge >= 0.3 is 12.1 Å². The van der Waals surface area contributed by atoms with Gasteiger partial charge < -0.3 is 14.5 Å². The van der Waals surface area contributed by atoms with Crippen LogP contribution in [0.25, 0.3) is 0 Å². The zero-order valence-electron chi connectivity index (χ0n) is 14.6. The number of carbonyl (C=O) groups is 2. The van der Waals surface area contributed by atoms with Crippen LogP contribution in [-0.2, 0) is 17.5 Å². The molecular weight excluding hydrogens is 455 g/mol. The van der Waals surface area contributed by atoms with Crippen molar-refractivity contribution in [1.82, 2.24) is 0 Å². The normalized spacial score (nSPS) is 11.2. The number of carbonyl (C=O) groups excluding carboxylic acids is 2. The number of esters is 1. The van der Waals surface area contributed by atoms with Crippen molar-refractivity contribution in [2.24, 2.45) is 0 Å². The summed E-state index contributed by atoms with van der Waals surface area (Å²) in [5.74, 6) is -1.34. The van der Waals surface area contributed by atoms with Gasteiger partial charge in [-0.3, -0.25) is 4.79 Å². The first-order valence-electron chi connectivity index (χ1n) is 8.23. The summed E-state index contributed by atoms with van der Waals surface area (Å²) in [5.41, 5.74) is -0.407. The molecule has 0 aliphatic carbocycles. The van der Waals surface area contributed by atoms with E-state index in [4.69, 9.17) is 9.15 Å². The van der Waals surface area contributed by atoms with Gasteiger partial charge in [-0.25, -0.2) is 4.79 Å². The Morgan fingerprint density at radius 1 is 1.03 bits per heavy atom. The van der Waals surface area contributed by atoms with E-state index < -0.39 is 23.6 Å². The zero-order chi connectivity index (χ0) is 21.0. The van der Waals surface area contributed by atoms with Gasteiger partial charge in [0.05, 0.1) is 16.8 Å². The smallest absolute Gasteiger partial charge is 0.416 e. The van der Waals surface area contributed by atoms with Crippen LogP contribution < -0.4 is 5.32 Å². The molecule has 0 spiro atoms. The molecule has 2 aromatic carbocycles. The highest BCUT2D eigenvalue weighted by Gasteiger charge is 2.30. The first-order chi connectivity index (χ1) is 13.7. The molecular formula is C20H13BrF3NO4. The number of halogens is 4. The Morgan fingerprint density at radius 2 is 1.79 bits per heavy atom. The van der Waals surface area contributed by atoms with Crippen LogP contribution in [0.3, 0.4) is 0 Å². The third-order valence-corrected chi connectivity index (χ3v) is 4.24. The van der Waals surface area contributed by atoms with E-state index >= 15 is 0 Å². The molecule has 0 saturated heterocycles. The fourth-order valence-corrected chi connectivity index (χ4v) is 2.76. The average molecular weight is 468 g/mol. The Balaban J connectivity index is 1.71. The molecule has 0 fully saturated rings. The number of hydrogen-bond acceptors (Lipinski definition) is 4. The van der Waals surface area contributed by atoms with Gasteiger partial charge in [0.2, 0.25) is 0 Å². The number of anilines is 1. The maximum Gasteiger partial charge on any atom is 0.416 e. The van der Waals surface area contributed by atoms with Crippen LogP contribution in [0.1, 0.15) is 32.0 Å². The van der Waals surface area contributed by atoms with Crippen molar-refractivity contribution in [3.63, 3.8) is 0 Å². The van der Waals surface area contributed by atoms with Crippen molar-refractivity contribution < 1.29 is 31.9 Å². The highest BCUT2D eigenvalue weighted by molar-refractivity contribution is 9.10. The number of amides is 1. The van der Waals surface area contributed by atoms with E-state index in [-0.39, 0.29) is 29.2 Å². The maximum atomic E-state index is 12.8. The third kappa shape index (κ3) is 5.26. The second-order valence-electron chi connectivity index (χ2n) is 5.88. The van der Waals surface area contributed by atoms with Crippen molar-refractivity contribution in [2.45, 2.75) is 12.8 Å². The van der Waals surface area contributed by atoms with Gasteiger partial charge in [0.1, 0.15) is 6.61 Å². The van der Waals surface area contributed by atoms with Gasteiger partial charge in [-0.15, -0.1) is 0 Å². The summed E-state index contributed by atoms with van der Waals surface area (Å²) in [5, 5.41) is 2.55. The van der Waals surface area contributed by atoms with Crippen molar-refractivity contribution >= 4 is 33.5 Å². The van der Waals surface area contributed by atoms with Gasteiger partial charge in [-0.1, -0.05) is 24.3 Å². The molecule has 150 valence electrons. The van der Waals surface area contributed by atoms with Crippen LogP contribution in [0, 0.1) is 0 Å². The van der Waals surface area contributed by atoms with E-state index in [0.717, 1.165) is 12.1 Å². The number of furan rings is 1. The zero-order valence-corrected chi connectivity index (χ0v) is 16.2. The Labute approximate surface area is 171 Å². The van der Waals surface area contributed by atoms with E-state index in [0.29, 0.717) is 4.67 Å². The summed E-state index contributed by atoms with van der Waals surface area (Å²) in [6.45, 7) is -0.351. The number of rotatable bonds is 5. The number of benzene rings is 2. The monoisotopic (exact) mass is 467 g/mol. The minimum Gasteiger partial charge on any atom is -0.457 e. The van der Waals surface area contributed by atoms with Gasteiger partial charge in [-0.05, 0) is 57.9 Å².